The Kier molecular flexibility index (Phi) is 6.71. The molecule has 2 unspecified atom stereocenters. The van der Waals surface area contributed by atoms with Gasteiger partial charge in [-0.2, -0.15) is 0 Å². The van der Waals surface area contributed by atoms with E-state index in [-0.39, 0.29) is 11.6 Å². The van der Waals surface area contributed by atoms with E-state index in [0.717, 1.165) is 62.4 Å². The molecule has 1 aromatic carbocycles. The lowest BCUT2D eigenvalue weighted by Gasteiger charge is -2.26. The summed E-state index contributed by atoms with van der Waals surface area (Å²) < 4.78 is 7.25. The second-order valence-electron chi connectivity index (χ2n) is 8.71. The second kappa shape index (κ2) is 10.0. The van der Waals surface area contributed by atoms with Crippen molar-refractivity contribution in [2.24, 2.45) is 5.92 Å². The molecule has 8 heteroatoms. The number of nitrogens with zero attached hydrogens (tertiary/aromatic N) is 3. The Morgan fingerprint density at radius 2 is 2.03 bits per heavy atom. The van der Waals surface area contributed by atoms with Gasteiger partial charge in [0.05, 0.1) is 11.7 Å². The van der Waals surface area contributed by atoms with Crippen LogP contribution in [0.4, 0.5) is 5.95 Å². The van der Waals surface area contributed by atoms with Crippen LogP contribution in [0.15, 0.2) is 59.7 Å². The van der Waals surface area contributed by atoms with Gasteiger partial charge < -0.3 is 19.9 Å². The minimum Gasteiger partial charge on any atom is -0.381 e. The molecule has 4 heterocycles. The van der Waals surface area contributed by atoms with E-state index in [1.165, 1.54) is 0 Å². The quantitative estimate of drug-likeness (QED) is 0.577. The summed E-state index contributed by atoms with van der Waals surface area (Å²) in [5.74, 6) is 0.902. The normalized spacial score (nSPS) is 20.0. The summed E-state index contributed by atoms with van der Waals surface area (Å²) in [6.07, 6.45) is 6.50. The van der Waals surface area contributed by atoms with E-state index in [1.807, 2.05) is 47.2 Å². The third-order valence-corrected chi connectivity index (χ3v) is 6.72. The highest BCUT2D eigenvalue weighted by Gasteiger charge is 2.28. The first-order valence-electron chi connectivity index (χ1n) is 11.5. The first-order chi connectivity index (χ1) is 16.2. The van der Waals surface area contributed by atoms with Crippen LogP contribution < -0.4 is 16.2 Å². The minimum absolute atomic E-state index is 0.0538. The fraction of sp³-hybridized carbons (Fsp3) is 0.400. The zero-order valence-electron chi connectivity index (χ0n) is 18.4. The third-order valence-electron chi connectivity index (χ3n) is 6.49. The van der Waals surface area contributed by atoms with Gasteiger partial charge >= 0.3 is 0 Å². The minimum atomic E-state index is -0.0728. The van der Waals surface area contributed by atoms with E-state index >= 15 is 0 Å². The van der Waals surface area contributed by atoms with Crippen LogP contribution in [0.2, 0.25) is 5.02 Å². The summed E-state index contributed by atoms with van der Waals surface area (Å²) in [5.41, 5.74) is 2.51. The lowest BCUT2D eigenvalue weighted by molar-refractivity contribution is 0.0903. The standard InChI is InChI=1S/C25H28ClN5O2/c26-20-3-1-2-18(14-20)24(19-4-9-27-16-19)31-11-6-17(15-23(31)32)22-5-10-28-25(30-22)29-21-7-12-33-13-8-21/h1-3,5-6,10-11,14-15,19,21,24,27H,4,7-9,12-13,16H2,(H,28,29,30). The third kappa shape index (κ3) is 5.11. The Balaban J connectivity index is 1.43. The molecule has 0 amide bonds. The van der Waals surface area contributed by atoms with Crippen molar-refractivity contribution in [1.29, 1.82) is 0 Å². The van der Waals surface area contributed by atoms with Gasteiger partial charge in [-0.15, -0.1) is 0 Å². The molecule has 2 saturated heterocycles. The number of ether oxygens (including phenoxy) is 1. The molecular weight excluding hydrogens is 438 g/mol. The predicted molar refractivity (Wildman–Crippen MR) is 130 cm³/mol. The molecule has 0 bridgehead atoms. The average molecular weight is 466 g/mol. The van der Waals surface area contributed by atoms with E-state index in [1.54, 1.807) is 12.3 Å². The number of nitrogens with one attached hydrogen (secondary N) is 2. The summed E-state index contributed by atoms with van der Waals surface area (Å²) in [4.78, 5) is 22.3. The van der Waals surface area contributed by atoms with Crippen LogP contribution in [0.1, 0.15) is 30.9 Å². The first-order valence-corrected chi connectivity index (χ1v) is 11.9. The van der Waals surface area contributed by atoms with Crippen LogP contribution in [0.3, 0.4) is 0 Å². The van der Waals surface area contributed by atoms with Crippen LogP contribution in [-0.4, -0.2) is 46.9 Å². The lowest BCUT2D eigenvalue weighted by Crippen LogP contribution is -2.31. The number of rotatable bonds is 6. The van der Waals surface area contributed by atoms with E-state index in [4.69, 9.17) is 16.3 Å². The molecule has 172 valence electrons. The van der Waals surface area contributed by atoms with E-state index < -0.39 is 0 Å². The predicted octanol–water partition coefficient (Wildman–Crippen LogP) is 3.75. The highest BCUT2D eigenvalue weighted by atomic mass is 35.5. The highest BCUT2D eigenvalue weighted by Crippen LogP contribution is 2.31. The number of anilines is 1. The molecule has 2 aliphatic rings. The van der Waals surface area contributed by atoms with Crippen LogP contribution in [0.25, 0.3) is 11.3 Å². The monoisotopic (exact) mass is 465 g/mol. The van der Waals surface area contributed by atoms with Crippen molar-refractivity contribution in [2.45, 2.75) is 31.3 Å². The maximum absolute atomic E-state index is 13.3. The maximum Gasteiger partial charge on any atom is 0.251 e. The average Bonchev–Trinajstić information content (AvgIpc) is 3.36. The molecule has 0 radical (unpaired) electrons. The van der Waals surface area contributed by atoms with E-state index in [9.17, 15) is 4.79 Å². The topological polar surface area (TPSA) is 81.1 Å². The van der Waals surface area contributed by atoms with Gasteiger partial charge in [-0.05, 0) is 61.6 Å². The van der Waals surface area contributed by atoms with Crippen molar-refractivity contribution in [3.05, 3.63) is 75.8 Å². The van der Waals surface area contributed by atoms with Gasteiger partial charge in [0.1, 0.15) is 0 Å². The number of benzene rings is 1. The smallest absolute Gasteiger partial charge is 0.251 e. The van der Waals surface area contributed by atoms with Gasteiger partial charge in [-0.1, -0.05) is 23.7 Å². The molecular formula is C25H28ClN5O2. The van der Waals surface area contributed by atoms with Gasteiger partial charge in [0.25, 0.3) is 5.56 Å². The maximum atomic E-state index is 13.3. The van der Waals surface area contributed by atoms with Crippen molar-refractivity contribution in [2.75, 3.05) is 31.6 Å². The van der Waals surface area contributed by atoms with Crippen molar-refractivity contribution < 1.29 is 4.74 Å². The van der Waals surface area contributed by atoms with Gasteiger partial charge in [0.15, 0.2) is 0 Å². The van der Waals surface area contributed by atoms with Gasteiger partial charge in [0.2, 0.25) is 5.95 Å². The van der Waals surface area contributed by atoms with E-state index in [0.29, 0.717) is 22.9 Å². The van der Waals surface area contributed by atoms with Crippen LogP contribution in [0.5, 0.6) is 0 Å². The molecule has 0 aliphatic carbocycles. The van der Waals surface area contributed by atoms with Crippen molar-refractivity contribution >= 4 is 17.5 Å². The molecule has 33 heavy (non-hydrogen) atoms. The van der Waals surface area contributed by atoms with E-state index in [2.05, 4.69) is 20.6 Å². The molecule has 2 aliphatic heterocycles. The molecule has 0 saturated carbocycles. The summed E-state index contributed by atoms with van der Waals surface area (Å²) in [7, 11) is 0. The molecule has 2 atom stereocenters. The molecule has 2 N–H and O–H groups in total. The Labute approximate surface area is 198 Å². The lowest BCUT2D eigenvalue weighted by atomic mass is 9.91. The summed E-state index contributed by atoms with van der Waals surface area (Å²) in [5, 5.41) is 7.50. The van der Waals surface area contributed by atoms with Crippen molar-refractivity contribution in [3.63, 3.8) is 0 Å². The Bertz CT molecular complexity index is 1160. The van der Waals surface area contributed by atoms with Crippen LogP contribution in [-0.2, 0) is 4.74 Å². The molecule has 5 rings (SSSR count). The van der Waals surface area contributed by atoms with Crippen LogP contribution >= 0.6 is 11.6 Å². The molecule has 7 nitrogen and oxygen atoms in total. The largest absolute Gasteiger partial charge is 0.381 e. The molecule has 0 spiro atoms. The summed E-state index contributed by atoms with van der Waals surface area (Å²) in [6, 6.07) is 13.5. The Morgan fingerprint density at radius 3 is 2.79 bits per heavy atom. The Hall–Kier alpha value is -2.74. The summed E-state index contributed by atoms with van der Waals surface area (Å²) >= 11 is 6.28. The number of hydrogen-bond acceptors (Lipinski definition) is 6. The number of pyridine rings is 1. The number of hydrogen-bond donors (Lipinski definition) is 2. The second-order valence-corrected chi connectivity index (χ2v) is 9.15. The van der Waals surface area contributed by atoms with Crippen LogP contribution in [0, 0.1) is 5.92 Å². The van der Waals surface area contributed by atoms with Gasteiger partial charge in [-0.3, -0.25) is 4.79 Å². The van der Waals surface area contributed by atoms with Crippen molar-refractivity contribution in [3.8, 4) is 11.3 Å². The summed E-state index contributed by atoms with van der Waals surface area (Å²) in [6.45, 7) is 3.33. The number of aromatic nitrogens is 3. The zero-order valence-corrected chi connectivity index (χ0v) is 19.2. The first kappa shape index (κ1) is 22.1. The number of halogens is 1. The SMILES string of the molecule is O=c1cc(-c2ccnc(NC3CCOCC3)n2)ccn1C(c1cccc(Cl)c1)C1CCNC1. The Morgan fingerprint density at radius 1 is 1.15 bits per heavy atom. The molecule has 2 aromatic heterocycles. The fourth-order valence-electron chi connectivity index (χ4n) is 4.79. The molecule has 3 aromatic rings. The van der Waals surface area contributed by atoms with Gasteiger partial charge in [-0.25, -0.2) is 9.97 Å². The van der Waals surface area contributed by atoms with Crippen molar-refractivity contribution in [1.82, 2.24) is 19.9 Å². The highest BCUT2D eigenvalue weighted by molar-refractivity contribution is 6.30. The molecule has 2 fully saturated rings. The fourth-order valence-corrected chi connectivity index (χ4v) is 4.99. The van der Waals surface area contributed by atoms with Gasteiger partial charge in [0, 0.05) is 54.8 Å². The zero-order chi connectivity index (χ0) is 22.6.